The SMILES string of the molecule is O=c1c2c(O)cccc2ncn1CC1CCCN1. The molecule has 0 bridgehead atoms. The third-order valence-electron chi connectivity index (χ3n) is 3.41. The molecule has 1 fully saturated rings. The summed E-state index contributed by atoms with van der Waals surface area (Å²) in [6.07, 6.45) is 3.78. The molecule has 1 aliphatic heterocycles. The minimum Gasteiger partial charge on any atom is -0.507 e. The van der Waals surface area contributed by atoms with Gasteiger partial charge in [0.15, 0.2) is 0 Å². The Bertz CT molecular complexity index is 630. The second-order valence-electron chi connectivity index (χ2n) is 4.67. The number of phenolic OH excluding ortho intramolecular Hbond substituents is 1. The Morgan fingerprint density at radius 3 is 3.17 bits per heavy atom. The van der Waals surface area contributed by atoms with Crippen LogP contribution < -0.4 is 10.9 Å². The van der Waals surface area contributed by atoms with Crippen molar-refractivity contribution >= 4 is 10.9 Å². The van der Waals surface area contributed by atoms with Crippen LogP contribution in [0.2, 0.25) is 0 Å². The number of hydrogen-bond acceptors (Lipinski definition) is 4. The lowest BCUT2D eigenvalue weighted by molar-refractivity contribution is 0.476. The Labute approximate surface area is 104 Å². The van der Waals surface area contributed by atoms with Crippen molar-refractivity contribution in [3.63, 3.8) is 0 Å². The molecule has 3 rings (SSSR count). The topological polar surface area (TPSA) is 67.1 Å². The normalized spacial score (nSPS) is 19.4. The Hall–Kier alpha value is -1.88. The van der Waals surface area contributed by atoms with E-state index in [1.807, 2.05) is 0 Å². The van der Waals surface area contributed by atoms with Gasteiger partial charge in [-0.2, -0.15) is 0 Å². The zero-order chi connectivity index (χ0) is 12.5. The summed E-state index contributed by atoms with van der Waals surface area (Å²) in [5.41, 5.74) is 0.363. The average molecular weight is 245 g/mol. The van der Waals surface area contributed by atoms with Crippen LogP contribution in [0.15, 0.2) is 29.3 Å². The zero-order valence-corrected chi connectivity index (χ0v) is 9.97. The van der Waals surface area contributed by atoms with Gasteiger partial charge in [-0.15, -0.1) is 0 Å². The molecule has 2 heterocycles. The molecular weight excluding hydrogens is 230 g/mol. The van der Waals surface area contributed by atoms with Gasteiger partial charge in [0, 0.05) is 12.6 Å². The summed E-state index contributed by atoms with van der Waals surface area (Å²) in [7, 11) is 0. The van der Waals surface area contributed by atoms with E-state index < -0.39 is 0 Å². The van der Waals surface area contributed by atoms with Crippen LogP contribution in [-0.2, 0) is 6.54 Å². The van der Waals surface area contributed by atoms with Crippen molar-refractivity contribution in [3.05, 3.63) is 34.9 Å². The van der Waals surface area contributed by atoms with Crippen LogP contribution in [-0.4, -0.2) is 27.2 Å². The molecule has 1 saturated heterocycles. The highest BCUT2D eigenvalue weighted by atomic mass is 16.3. The number of phenols is 1. The van der Waals surface area contributed by atoms with Gasteiger partial charge in [-0.1, -0.05) is 6.07 Å². The van der Waals surface area contributed by atoms with E-state index in [0.29, 0.717) is 23.5 Å². The zero-order valence-electron chi connectivity index (χ0n) is 9.97. The van der Waals surface area contributed by atoms with Gasteiger partial charge in [0.05, 0.1) is 11.8 Å². The molecule has 5 heteroatoms. The molecule has 0 radical (unpaired) electrons. The van der Waals surface area contributed by atoms with E-state index in [1.165, 1.54) is 6.07 Å². The smallest absolute Gasteiger partial charge is 0.265 e. The summed E-state index contributed by atoms with van der Waals surface area (Å²) < 4.78 is 1.57. The fourth-order valence-electron chi connectivity index (χ4n) is 2.46. The van der Waals surface area contributed by atoms with Gasteiger partial charge in [0.2, 0.25) is 0 Å². The van der Waals surface area contributed by atoms with Gasteiger partial charge in [-0.05, 0) is 31.5 Å². The standard InChI is InChI=1S/C13H15N3O2/c17-11-5-1-4-10-12(11)13(18)16(8-15-10)7-9-3-2-6-14-9/h1,4-5,8-9,14,17H,2-3,6-7H2. The quantitative estimate of drug-likeness (QED) is 0.823. The molecule has 1 aromatic carbocycles. The summed E-state index contributed by atoms with van der Waals surface area (Å²) in [5, 5.41) is 13.4. The van der Waals surface area contributed by atoms with Crippen LogP contribution in [0.5, 0.6) is 5.75 Å². The minimum atomic E-state index is -0.174. The predicted octanol–water partition coefficient (Wildman–Crippen LogP) is 0.854. The van der Waals surface area contributed by atoms with E-state index in [-0.39, 0.29) is 11.3 Å². The van der Waals surface area contributed by atoms with Crippen LogP contribution >= 0.6 is 0 Å². The van der Waals surface area contributed by atoms with E-state index in [4.69, 9.17) is 0 Å². The summed E-state index contributed by atoms with van der Waals surface area (Å²) in [6, 6.07) is 5.26. The highest BCUT2D eigenvalue weighted by Gasteiger charge is 2.16. The van der Waals surface area contributed by atoms with Crippen LogP contribution in [0, 0.1) is 0 Å². The van der Waals surface area contributed by atoms with Crippen LogP contribution in [0.1, 0.15) is 12.8 Å². The van der Waals surface area contributed by atoms with Crippen molar-refractivity contribution in [3.8, 4) is 5.75 Å². The number of rotatable bonds is 2. The third-order valence-corrected chi connectivity index (χ3v) is 3.41. The summed E-state index contributed by atoms with van der Waals surface area (Å²) >= 11 is 0. The van der Waals surface area contributed by atoms with Gasteiger partial charge >= 0.3 is 0 Å². The number of aromatic hydroxyl groups is 1. The van der Waals surface area contributed by atoms with Gasteiger partial charge < -0.3 is 10.4 Å². The maximum absolute atomic E-state index is 12.3. The molecule has 1 aliphatic rings. The lowest BCUT2D eigenvalue weighted by Gasteiger charge is -2.12. The van der Waals surface area contributed by atoms with Crippen molar-refractivity contribution in [2.24, 2.45) is 0 Å². The van der Waals surface area contributed by atoms with Crippen LogP contribution in [0.3, 0.4) is 0 Å². The van der Waals surface area contributed by atoms with Crippen molar-refractivity contribution < 1.29 is 5.11 Å². The Balaban J connectivity index is 2.05. The van der Waals surface area contributed by atoms with Gasteiger partial charge in [-0.25, -0.2) is 4.98 Å². The molecular formula is C13H15N3O2. The van der Waals surface area contributed by atoms with E-state index in [1.54, 1.807) is 23.0 Å². The lowest BCUT2D eigenvalue weighted by Crippen LogP contribution is -2.32. The van der Waals surface area contributed by atoms with Crippen molar-refractivity contribution in [1.82, 2.24) is 14.9 Å². The first kappa shape index (κ1) is 11.2. The summed E-state index contributed by atoms with van der Waals surface area (Å²) in [5.74, 6) is -0.00117. The molecule has 1 unspecified atom stereocenters. The maximum Gasteiger partial charge on any atom is 0.265 e. The number of benzene rings is 1. The molecule has 0 spiro atoms. The molecule has 0 saturated carbocycles. The van der Waals surface area contributed by atoms with Crippen LogP contribution in [0.4, 0.5) is 0 Å². The second-order valence-corrected chi connectivity index (χ2v) is 4.67. The highest BCUT2D eigenvalue weighted by molar-refractivity contribution is 5.83. The Morgan fingerprint density at radius 1 is 1.50 bits per heavy atom. The van der Waals surface area contributed by atoms with E-state index in [0.717, 1.165) is 19.4 Å². The molecule has 2 aromatic rings. The predicted molar refractivity (Wildman–Crippen MR) is 68.7 cm³/mol. The number of nitrogens with zero attached hydrogens (tertiary/aromatic N) is 2. The average Bonchev–Trinajstić information content (AvgIpc) is 2.86. The van der Waals surface area contributed by atoms with Gasteiger partial charge in [0.1, 0.15) is 11.1 Å². The maximum atomic E-state index is 12.3. The molecule has 2 N–H and O–H groups in total. The molecule has 0 aliphatic carbocycles. The fourth-order valence-corrected chi connectivity index (χ4v) is 2.46. The largest absolute Gasteiger partial charge is 0.507 e. The first-order valence-electron chi connectivity index (χ1n) is 6.16. The number of nitrogens with one attached hydrogen (secondary N) is 1. The molecule has 18 heavy (non-hydrogen) atoms. The van der Waals surface area contributed by atoms with Crippen molar-refractivity contribution in [2.75, 3.05) is 6.54 Å². The van der Waals surface area contributed by atoms with Crippen molar-refractivity contribution in [1.29, 1.82) is 0 Å². The number of aromatic nitrogens is 2. The third kappa shape index (κ3) is 1.86. The molecule has 94 valence electrons. The molecule has 1 atom stereocenters. The molecule has 5 nitrogen and oxygen atoms in total. The van der Waals surface area contributed by atoms with E-state index in [2.05, 4.69) is 10.3 Å². The van der Waals surface area contributed by atoms with Gasteiger partial charge in [0.25, 0.3) is 5.56 Å². The first-order chi connectivity index (χ1) is 8.75. The first-order valence-corrected chi connectivity index (χ1v) is 6.16. The van der Waals surface area contributed by atoms with E-state index >= 15 is 0 Å². The Morgan fingerprint density at radius 2 is 2.39 bits per heavy atom. The second kappa shape index (κ2) is 4.42. The Kier molecular flexibility index (Phi) is 2.76. The number of hydrogen-bond donors (Lipinski definition) is 2. The fraction of sp³-hybridized carbons (Fsp3) is 0.385. The highest BCUT2D eigenvalue weighted by Crippen LogP contribution is 2.18. The van der Waals surface area contributed by atoms with Crippen LogP contribution in [0.25, 0.3) is 10.9 Å². The lowest BCUT2D eigenvalue weighted by atomic mass is 10.2. The summed E-state index contributed by atoms with van der Waals surface area (Å²) in [4.78, 5) is 16.5. The minimum absolute atomic E-state index is 0.00117. The molecule has 1 aromatic heterocycles. The number of fused-ring (bicyclic) bond motifs is 1. The summed E-state index contributed by atoms with van der Waals surface area (Å²) in [6.45, 7) is 1.61. The van der Waals surface area contributed by atoms with E-state index in [9.17, 15) is 9.90 Å². The van der Waals surface area contributed by atoms with Crippen molar-refractivity contribution in [2.45, 2.75) is 25.4 Å². The monoisotopic (exact) mass is 245 g/mol. The van der Waals surface area contributed by atoms with Gasteiger partial charge in [-0.3, -0.25) is 9.36 Å². The molecule has 0 amide bonds.